The summed E-state index contributed by atoms with van der Waals surface area (Å²) in [5.74, 6) is 0. The summed E-state index contributed by atoms with van der Waals surface area (Å²) in [6, 6.07) is 1.59. The predicted molar refractivity (Wildman–Crippen MR) is 50.8 cm³/mol. The van der Waals surface area contributed by atoms with Crippen LogP contribution in [-0.4, -0.2) is 14.8 Å². The van der Waals surface area contributed by atoms with Crippen molar-refractivity contribution in [3.05, 3.63) is 27.7 Å². The number of aromatic nitrogens is 3. The summed E-state index contributed by atoms with van der Waals surface area (Å²) in [6.07, 6.45) is 0. The molecule has 0 atom stereocenters. The minimum atomic E-state index is -0.0944. The largest absolute Gasteiger partial charge is 0.305 e. The first-order chi connectivity index (χ1) is 6.09. The summed E-state index contributed by atoms with van der Waals surface area (Å²) in [4.78, 5) is 13.8. The van der Waals surface area contributed by atoms with Gasteiger partial charge in [-0.1, -0.05) is 0 Å². The van der Waals surface area contributed by atoms with Crippen LogP contribution >= 0.6 is 0 Å². The van der Waals surface area contributed by atoms with Gasteiger partial charge in [-0.15, -0.1) is 0 Å². The molecule has 0 aromatic carbocycles. The Labute approximate surface area is 75.2 Å². The molecule has 0 spiro atoms. The number of nitrogens with one attached hydrogen (secondary N) is 1. The van der Waals surface area contributed by atoms with Crippen molar-refractivity contribution in [3.63, 3.8) is 0 Å². The van der Waals surface area contributed by atoms with Gasteiger partial charge in [0.05, 0.1) is 0 Å². The van der Waals surface area contributed by atoms with E-state index in [4.69, 9.17) is 0 Å². The van der Waals surface area contributed by atoms with Crippen LogP contribution in [0.25, 0.3) is 11.0 Å². The molecule has 68 valence electrons. The van der Waals surface area contributed by atoms with E-state index in [0.717, 1.165) is 16.6 Å². The minimum absolute atomic E-state index is 0.0944. The van der Waals surface area contributed by atoms with E-state index in [0.29, 0.717) is 5.65 Å². The first-order valence-corrected chi connectivity index (χ1v) is 4.13. The average molecular weight is 177 g/mol. The van der Waals surface area contributed by atoms with Gasteiger partial charge in [0.25, 0.3) is 0 Å². The van der Waals surface area contributed by atoms with Gasteiger partial charge in [0.2, 0.25) is 5.56 Å². The number of nitrogens with zero attached hydrogens (tertiary/aromatic N) is 2. The molecule has 0 amide bonds. The molecule has 0 saturated carbocycles. The fourth-order valence-electron chi connectivity index (χ4n) is 1.59. The summed E-state index contributed by atoms with van der Waals surface area (Å²) in [7, 11) is 1.87. The Bertz CT molecular complexity index is 521. The zero-order chi connectivity index (χ0) is 9.59. The molecule has 0 saturated heterocycles. The van der Waals surface area contributed by atoms with E-state index in [2.05, 4.69) is 10.1 Å². The quantitative estimate of drug-likeness (QED) is 0.649. The molecule has 0 aliphatic heterocycles. The van der Waals surface area contributed by atoms with E-state index in [1.807, 2.05) is 20.9 Å². The number of hydrogen-bond acceptors (Lipinski definition) is 2. The Balaban J connectivity index is 3.03. The zero-order valence-corrected chi connectivity index (χ0v) is 7.88. The average Bonchev–Trinajstić information content (AvgIpc) is 2.27. The first kappa shape index (κ1) is 8.04. The van der Waals surface area contributed by atoms with E-state index in [1.165, 1.54) is 0 Å². The van der Waals surface area contributed by atoms with Gasteiger partial charge in [0, 0.05) is 24.2 Å². The molecule has 13 heavy (non-hydrogen) atoms. The highest BCUT2D eigenvalue weighted by Crippen LogP contribution is 2.16. The highest BCUT2D eigenvalue weighted by Gasteiger charge is 2.07. The van der Waals surface area contributed by atoms with Gasteiger partial charge in [0.15, 0.2) is 5.65 Å². The third kappa shape index (κ3) is 1.06. The fraction of sp³-hybridized carbons (Fsp3) is 0.333. The van der Waals surface area contributed by atoms with Crippen LogP contribution in [-0.2, 0) is 7.05 Å². The van der Waals surface area contributed by atoms with Crippen molar-refractivity contribution >= 4 is 11.0 Å². The van der Waals surface area contributed by atoms with Gasteiger partial charge in [0.1, 0.15) is 0 Å². The number of pyridine rings is 1. The summed E-state index contributed by atoms with van der Waals surface area (Å²) in [5, 5.41) is 5.24. The zero-order valence-electron chi connectivity index (χ0n) is 7.88. The number of aromatic amines is 1. The summed E-state index contributed by atoms with van der Waals surface area (Å²) < 4.78 is 1.77. The Morgan fingerprint density at radius 1 is 1.46 bits per heavy atom. The SMILES string of the molecule is Cc1cc(=O)[nH]c2nn(C)c(C)c12. The molecule has 2 aromatic heterocycles. The fourth-order valence-corrected chi connectivity index (χ4v) is 1.59. The van der Waals surface area contributed by atoms with E-state index in [1.54, 1.807) is 10.7 Å². The molecule has 4 nitrogen and oxygen atoms in total. The van der Waals surface area contributed by atoms with Crippen molar-refractivity contribution in [2.75, 3.05) is 0 Å². The Morgan fingerprint density at radius 2 is 2.15 bits per heavy atom. The van der Waals surface area contributed by atoms with Gasteiger partial charge in [-0.3, -0.25) is 9.48 Å². The van der Waals surface area contributed by atoms with Crippen LogP contribution in [0, 0.1) is 13.8 Å². The third-order valence-corrected chi connectivity index (χ3v) is 2.32. The Hall–Kier alpha value is -1.58. The smallest absolute Gasteiger partial charge is 0.249 e. The maximum Gasteiger partial charge on any atom is 0.249 e. The lowest BCUT2D eigenvalue weighted by molar-refractivity contribution is 0.747. The molecule has 0 unspecified atom stereocenters. The lowest BCUT2D eigenvalue weighted by Crippen LogP contribution is -2.04. The highest BCUT2D eigenvalue weighted by atomic mass is 16.1. The summed E-state index contributed by atoms with van der Waals surface area (Å²) in [6.45, 7) is 3.91. The van der Waals surface area contributed by atoms with Crippen molar-refractivity contribution in [2.24, 2.45) is 7.05 Å². The molecule has 2 rings (SSSR count). The van der Waals surface area contributed by atoms with Crippen LogP contribution in [0.3, 0.4) is 0 Å². The second-order valence-corrected chi connectivity index (χ2v) is 3.25. The first-order valence-electron chi connectivity index (χ1n) is 4.13. The predicted octanol–water partition coefficient (Wildman–Crippen LogP) is 0.878. The summed E-state index contributed by atoms with van der Waals surface area (Å²) >= 11 is 0. The summed E-state index contributed by atoms with van der Waals surface area (Å²) in [5.41, 5.74) is 2.63. The molecule has 0 bridgehead atoms. The van der Waals surface area contributed by atoms with Crippen molar-refractivity contribution < 1.29 is 0 Å². The normalized spacial score (nSPS) is 11.0. The van der Waals surface area contributed by atoms with Gasteiger partial charge in [-0.25, -0.2) is 0 Å². The molecule has 0 fully saturated rings. The lowest BCUT2D eigenvalue weighted by atomic mass is 10.2. The molecule has 2 aromatic rings. The second-order valence-electron chi connectivity index (χ2n) is 3.25. The minimum Gasteiger partial charge on any atom is -0.305 e. The van der Waals surface area contributed by atoms with Gasteiger partial charge in [-0.2, -0.15) is 5.10 Å². The molecule has 0 aliphatic carbocycles. The van der Waals surface area contributed by atoms with Gasteiger partial charge >= 0.3 is 0 Å². The van der Waals surface area contributed by atoms with Crippen molar-refractivity contribution in [2.45, 2.75) is 13.8 Å². The molecule has 1 N–H and O–H groups in total. The number of hydrogen-bond donors (Lipinski definition) is 1. The third-order valence-electron chi connectivity index (χ3n) is 2.32. The number of fused-ring (bicyclic) bond motifs is 1. The maximum atomic E-state index is 11.1. The molecule has 4 heteroatoms. The van der Waals surface area contributed by atoms with Crippen LogP contribution in [0.4, 0.5) is 0 Å². The van der Waals surface area contributed by atoms with Crippen LogP contribution < -0.4 is 5.56 Å². The molecular weight excluding hydrogens is 166 g/mol. The maximum absolute atomic E-state index is 11.1. The number of aryl methyl sites for hydroxylation is 3. The van der Waals surface area contributed by atoms with E-state index in [9.17, 15) is 4.79 Å². The number of rotatable bonds is 0. The highest BCUT2D eigenvalue weighted by molar-refractivity contribution is 5.81. The molecule has 0 radical (unpaired) electrons. The molecule has 0 aliphatic rings. The van der Waals surface area contributed by atoms with Crippen LogP contribution in [0.15, 0.2) is 10.9 Å². The Kier molecular flexibility index (Phi) is 1.52. The van der Waals surface area contributed by atoms with Crippen molar-refractivity contribution in [3.8, 4) is 0 Å². The second kappa shape index (κ2) is 2.45. The standard InChI is InChI=1S/C9H11N3O/c1-5-4-7(13)10-9-8(5)6(2)12(3)11-9/h4H,1-3H3,(H,10,11,13). The number of H-pyrrole nitrogens is 1. The Morgan fingerprint density at radius 3 is 2.85 bits per heavy atom. The van der Waals surface area contributed by atoms with Crippen molar-refractivity contribution in [1.29, 1.82) is 0 Å². The van der Waals surface area contributed by atoms with Gasteiger partial charge in [-0.05, 0) is 19.4 Å². The molecule has 2 heterocycles. The monoisotopic (exact) mass is 177 g/mol. The van der Waals surface area contributed by atoms with Crippen LogP contribution in [0.2, 0.25) is 0 Å². The van der Waals surface area contributed by atoms with Gasteiger partial charge < -0.3 is 4.98 Å². The van der Waals surface area contributed by atoms with Crippen LogP contribution in [0.1, 0.15) is 11.3 Å². The van der Waals surface area contributed by atoms with Crippen molar-refractivity contribution in [1.82, 2.24) is 14.8 Å². The topological polar surface area (TPSA) is 50.7 Å². The molecular formula is C9H11N3O. The van der Waals surface area contributed by atoms with E-state index in [-0.39, 0.29) is 5.56 Å². The lowest BCUT2D eigenvalue weighted by Gasteiger charge is -1.95. The van der Waals surface area contributed by atoms with Crippen LogP contribution in [0.5, 0.6) is 0 Å². The van der Waals surface area contributed by atoms with E-state index >= 15 is 0 Å². The van der Waals surface area contributed by atoms with E-state index < -0.39 is 0 Å².